The molecule has 1 heterocycles. The first kappa shape index (κ1) is 16.7. The molecule has 8 rings (SSSR count). The number of hydrogen-bond donors (Lipinski definition) is 0. The minimum Gasteiger partial charge on any atom is -0.309 e. The van der Waals surface area contributed by atoms with E-state index in [2.05, 4.69) is 81.2 Å². The van der Waals surface area contributed by atoms with Crippen molar-refractivity contribution in [2.45, 2.75) is 43.9 Å². The molecule has 3 aromatic carbocycles. The van der Waals surface area contributed by atoms with E-state index in [1.165, 1.54) is 59.6 Å². The van der Waals surface area contributed by atoms with Gasteiger partial charge in [-0.15, -0.1) is 0 Å². The quantitative estimate of drug-likeness (QED) is 0.282. The lowest BCUT2D eigenvalue weighted by Crippen LogP contribution is -2.25. The van der Waals surface area contributed by atoms with Crippen LogP contribution in [0.4, 0.5) is 0 Å². The second-order valence-corrected chi connectivity index (χ2v) is 10.5. The predicted molar refractivity (Wildman–Crippen MR) is 124 cm³/mol. The van der Waals surface area contributed by atoms with Crippen LogP contribution in [0.25, 0.3) is 27.5 Å². The van der Waals surface area contributed by atoms with Crippen LogP contribution < -0.4 is 0 Å². The summed E-state index contributed by atoms with van der Waals surface area (Å²) in [5.41, 5.74) is 7.28. The Morgan fingerprint density at radius 3 is 2.21 bits per heavy atom. The molecule has 2 atom stereocenters. The molecule has 1 aromatic heterocycles. The molecule has 4 aliphatic carbocycles. The van der Waals surface area contributed by atoms with Crippen molar-refractivity contribution in [1.82, 2.24) is 4.57 Å². The molecule has 2 heteroatoms. The molecule has 4 aromatic rings. The van der Waals surface area contributed by atoms with Crippen LogP contribution >= 0.6 is 15.9 Å². The number of nitrogens with zero attached hydrogens (tertiary/aromatic N) is 1. The third kappa shape index (κ3) is 2.39. The summed E-state index contributed by atoms with van der Waals surface area (Å²) >= 11 is 3.67. The molecule has 144 valence electrons. The van der Waals surface area contributed by atoms with E-state index in [4.69, 9.17) is 0 Å². The fraction of sp³-hybridized carbons (Fsp3) is 0.333. The van der Waals surface area contributed by atoms with Crippen LogP contribution in [0.5, 0.6) is 0 Å². The van der Waals surface area contributed by atoms with Crippen LogP contribution in [0.1, 0.15) is 55.1 Å². The van der Waals surface area contributed by atoms with Gasteiger partial charge in [0.1, 0.15) is 0 Å². The number of para-hydroxylation sites is 1. The Morgan fingerprint density at radius 2 is 1.38 bits per heavy atom. The largest absolute Gasteiger partial charge is 0.309 e. The standard InChI is InChI=1S/C27H24BrN/c28-20-5-8-27-25(14-20)23-3-1-2-4-26(23)29(27)21-6-7-22-18-10-16-9-17(11-18)13-19(12-16)24(22)15-21/h1-8,14-19H,9-13H2. The summed E-state index contributed by atoms with van der Waals surface area (Å²) in [7, 11) is 0. The molecular weight excluding hydrogens is 418 g/mol. The fourth-order valence-electron chi connectivity index (χ4n) is 7.01. The van der Waals surface area contributed by atoms with Gasteiger partial charge in [-0.05, 0) is 103 Å². The van der Waals surface area contributed by atoms with Crippen molar-refractivity contribution in [3.05, 3.63) is 76.3 Å². The molecule has 0 N–H and O–H groups in total. The van der Waals surface area contributed by atoms with Gasteiger partial charge in [-0.1, -0.05) is 40.2 Å². The first-order valence-corrected chi connectivity index (χ1v) is 11.9. The molecular formula is C27H24BrN. The summed E-state index contributed by atoms with van der Waals surface area (Å²) in [5, 5.41) is 2.66. The Balaban J connectivity index is 1.49. The fourth-order valence-corrected chi connectivity index (χ4v) is 7.37. The van der Waals surface area contributed by atoms with Gasteiger partial charge in [0.2, 0.25) is 0 Å². The molecule has 29 heavy (non-hydrogen) atoms. The lowest BCUT2D eigenvalue weighted by molar-refractivity contribution is 0.166. The van der Waals surface area contributed by atoms with E-state index in [9.17, 15) is 0 Å². The van der Waals surface area contributed by atoms with E-state index >= 15 is 0 Å². The van der Waals surface area contributed by atoms with Crippen molar-refractivity contribution in [2.75, 3.05) is 0 Å². The Morgan fingerprint density at radius 1 is 0.655 bits per heavy atom. The average Bonchev–Trinajstić information content (AvgIpc) is 2.96. The highest BCUT2D eigenvalue weighted by atomic mass is 79.9. The number of benzene rings is 3. The average molecular weight is 442 g/mol. The van der Waals surface area contributed by atoms with E-state index in [0.717, 1.165) is 28.1 Å². The smallest absolute Gasteiger partial charge is 0.0541 e. The Labute approximate surface area is 179 Å². The summed E-state index contributed by atoms with van der Waals surface area (Å²) in [6.07, 6.45) is 7.20. The van der Waals surface area contributed by atoms with Crippen molar-refractivity contribution in [2.24, 2.45) is 11.8 Å². The van der Waals surface area contributed by atoms with Crippen LogP contribution in [0, 0.1) is 11.8 Å². The SMILES string of the molecule is Brc1ccc2c(c1)c1ccccc1n2-c1ccc2c(c1)C1CC3CC(CC2C3)C1. The Bertz CT molecular complexity index is 1270. The van der Waals surface area contributed by atoms with Crippen LogP contribution in [0.2, 0.25) is 0 Å². The number of hydrogen-bond acceptors (Lipinski definition) is 0. The molecule has 4 aliphatic rings. The van der Waals surface area contributed by atoms with Gasteiger partial charge in [0, 0.05) is 20.9 Å². The van der Waals surface area contributed by atoms with Gasteiger partial charge in [-0.2, -0.15) is 0 Å². The van der Waals surface area contributed by atoms with Crippen LogP contribution in [-0.4, -0.2) is 4.57 Å². The van der Waals surface area contributed by atoms with Crippen molar-refractivity contribution < 1.29 is 0 Å². The second kappa shape index (κ2) is 5.98. The first-order chi connectivity index (χ1) is 14.2. The number of fused-ring (bicyclic) bond motifs is 3. The molecule has 0 saturated heterocycles. The monoisotopic (exact) mass is 441 g/mol. The molecule has 0 aliphatic heterocycles. The maximum atomic E-state index is 3.67. The minimum atomic E-state index is 0.781. The van der Waals surface area contributed by atoms with Crippen LogP contribution in [-0.2, 0) is 0 Å². The van der Waals surface area contributed by atoms with Crippen molar-refractivity contribution in [3.63, 3.8) is 0 Å². The molecule has 2 unspecified atom stereocenters. The lowest BCUT2D eigenvalue weighted by atomic mass is 9.67. The van der Waals surface area contributed by atoms with Crippen LogP contribution in [0.3, 0.4) is 0 Å². The summed E-state index contributed by atoms with van der Waals surface area (Å²) in [5.74, 6) is 3.53. The van der Waals surface area contributed by atoms with Crippen LogP contribution in [0.15, 0.2) is 65.1 Å². The van der Waals surface area contributed by atoms with E-state index < -0.39 is 0 Å². The first-order valence-electron chi connectivity index (χ1n) is 11.1. The summed E-state index contributed by atoms with van der Waals surface area (Å²) in [6.45, 7) is 0. The highest BCUT2D eigenvalue weighted by Crippen LogP contribution is 2.56. The topological polar surface area (TPSA) is 4.93 Å². The van der Waals surface area contributed by atoms with Gasteiger partial charge in [0.05, 0.1) is 11.0 Å². The number of halogens is 1. The third-order valence-corrected chi connectivity index (χ3v) is 8.47. The third-order valence-electron chi connectivity index (χ3n) is 7.98. The summed E-state index contributed by atoms with van der Waals surface area (Å²) in [4.78, 5) is 0. The second-order valence-electron chi connectivity index (χ2n) is 9.63. The molecule has 0 spiro atoms. The Hall–Kier alpha value is -2.06. The van der Waals surface area contributed by atoms with Crippen molar-refractivity contribution in [1.29, 1.82) is 0 Å². The zero-order valence-electron chi connectivity index (χ0n) is 16.4. The number of rotatable bonds is 1. The normalized spacial score (nSPS) is 27.5. The van der Waals surface area contributed by atoms with Gasteiger partial charge in [0.15, 0.2) is 0 Å². The van der Waals surface area contributed by atoms with Gasteiger partial charge in [-0.3, -0.25) is 0 Å². The van der Waals surface area contributed by atoms with Gasteiger partial charge in [0.25, 0.3) is 0 Å². The number of aromatic nitrogens is 1. The molecule has 1 nitrogen and oxygen atoms in total. The van der Waals surface area contributed by atoms with Gasteiger partial charge < -0.3 is 4.57 Å². The highest BCUT2D eigenvalue weighted by molar-refractivity contribution is 9.10. The maximum absolute atomic E-state index is 3.67. The maximum Gasteiger partial charge on any atom is 0.0541 e. The molecule has 0 radical (unpaired) electrons. The van der Waals surface area contributed by atoms with Gasteiger partial charge >= 0.3 is 0 Å². The Kier molecular flexibility index (Phi) is 3.45. The molecule has 0 amide bonds. The van der Waals surface area contributed by atoms with E-state index in [-0.39, 0.29) is 0 Å². The van der Waals surface area contributed by atoms with Crippen molar-refractivity contribution in [3.8, 4) is 5.69 Å². The minimum absolute atomic E-state index is 0.781. The summed E-state index contributed by atoms with van der Waals surface area (Å²) < 4.78 is 3.62. The molecule has 4 bridgehead atoms. The van der Waals surface area contributed by atoms with E-state index in [1.807, 2.05) is 0 Å². The van der Waals surface area contributed by atoms with E-state index in [1.54, 1.807) is 11.1 Å². The molecule has 2 saturated carbocycles. The van der Waals surface area contributed by atoms with E-state index in [0.29, 0.717) is 0 Å². The predicted octanol–water partition coefficient (Wildman–Crippen LogP) is 7.94. The summed E-state index contributed by atoms with van der Waals surface area (Å²) in [6, 6.07) is 23.0. The van der Waals surface area contributed by atoms with Crippen molar-refractivity contribution >= 4 is 37.7 Å². The zero-order chi connectivity index (χ0) is 19.1. The lowest BCUT2D eigenvalue weighted by Gasteiger charge is -2.38. The van der Waals surface area contributed by atoms with Gasteiger partial charge in [-0.25, -0.2) is 0 Å². The zero-order valence-corrected chi connectivity index (χ0v) is 18.0. The molecule has 2 fully saturated rings. The highest BCUT2D eigenvalue weighted by Gasteiger charge is 2.42.